The average molecular weight is 172 g/mol. The van der Waals surface area contributed by atoms with Gasteiger partial charge in [0.25, 0.3) is 0 Å². The van der Waals surface area contributed by atoms with E-state index in [1.54, 1.807) is 0 Å². The molecule has 0 aliphatic carbocycles. The molecule has 4 heteroatoms. The second kappa shape index (κ2) is 3.76. The molecule has 0 spiro atoms. The van der Waals surface area contributed by atoms with Crippen LogP contribution in [-0.2, 0) is 4.84 Å². The fourth-order valence-corrected chi connectivity index (χ4v) is 1.74. The van der Waals surface area contributed by atoms with Gasteiger partial charge in [0, 0.05) is 12.1 Å². The fraction of sp³-hybridized carbons (Fsp3) is 0.875. The second-order valence-electron chi connectivity index (χ2n) is 3.29. The number of carbonyl (C=O) groups excluding carboxylic acids is 1. The van der Waals surface area contributed by atoms with Crippen LogP contribution in [0.4, 0.5) is 4.79 Å². The SMILES string of the molecule is CONC(=O)N1C(C)CCC1C. The lowest BCUT2D eigenvalue weighted by molar-refractivity contribution is 0.0796. The molecule has 0 radical (unpaired) electrons. The Hall–Kier alpha value is -0.770. The molecule has 1 fully saturated rings. The number of rotatable bonds is 1. The van der Waals surface area contributed by atoms with Gasteiger partial charge in [-0.05, 0) is 26.7 Å². The van der Waals surface area contributed by atoms with Crippen LogP contribution in [0, 0.1) is 0 Å². The van der Waals surface area contributed by atoms with Crippen molar-refractivity contribution in [3.05, 3.63) is 0 Å². The highest BCUT2D eigenvalue weighted by Crippen LogP contribution is 2.22. The molecule has 4 nitrogen and oxygen atoms in total. The molecule has 2 amide bonds. The molecule has 0 aromatic heterocycles. The van der Waals surface area contributed by atoms with Gasteiger partial charge >= 0.3 is 6.03 Å². The van der Waals surface area contributed by atoms with Crippen LogP contribution in [0.15, 0.2) is 0 Å². The zero-order valence-corrected chi connectivity index (χ0v) is 7.83. The molecule has 1 aliphatic rings. The van der Waals surface area contributed by atoms with Gasteiger partial charge in [0.05, 0.1) is 7.11 Å². The molecular formula is C8H16N2O2. The summed E-state index contributed by atoms with van der Waals surface area (Å²) < 4.78 is 0. The molecule has 0 aromatic carbocycles. The first kappa shape index (κ1) is 9.32. The number of hydrogen-bond donors (Lipinski definition) is 1. The van der Waals surface area contributed by atoms with E-state index in [0.29, 0.717) is 12.1 Å². The largest absolute Gasteiger partial charge is 0.341 e. The van der Waals surface area contributed by atoms with E-state index in [9.17, 15) is 4.79 Å². The number of hydrogen-bond acceptors (Lipinski definition) is 2. The number of nitrogens with zero attached hydrogens (tertiary/aromatic N) is 1. The Kier molecular flexibility index (Phi) is 2.92. The first-order valence-electron chi connectivity index (χ1n) is 4.28. The maximum absolute atomic E-state index is 11.4. The van der Waals surface area contributed by atoms with Crippen molar-refractivity contribution in [2.24, 2.45) is 0 Å². The monoisotopic (exact) mass is 172 g/mol. The molecule has 0 saturated carbocycles. The summed E-state index contributed by atoms with van der Waals surface area (Å²) in [6.07, 6.45) is 2.16. The van der Waals surface area contributed by atoms with Crippen molar-refractivity contribution in [2.45, 2.75) is 38.8 Å². The Morgan fingerprint density at radius 1 is 1.42 bits per heavy atom. The van der Waals surface area contributed by atoms with Gasteiger partial charge in [-0.25, -0.2) is 10.3 Å². The molecule has 1 saturated heterocycles. The topological polar surface area (TPSA) is 41.6 Å². The number of likely N-dealkylation sites (tertiary alicyclic amines) is 1. The lowest BCUT2D eigenvalue weighted by Gasteiger charge is -2.25. The van der Waals surface area contributed by atoms with Crippen molar-refractivity contribution in [3.63, 3.8) is 0 Å². The summed E-state index contributed by atoms with van der Waals surface area (Å²) in [5, 5.41) is 0. The number of amides is 2. The van der Waals surface area contributed by atoms with Crippen molar-refractivity contribution >= 4 is 6.03 Å². The number of urea groups is 1. The number of carbonyl (C=O) groups is 1. The van der Waals surface area contributed by atoms with Crippen LogP contribution >= 0.6 is 0 Å². The highest BCUT2D eigenvalue weighted by molar-refractivity contribution is 5.74. The Bertz CT molecular complexity index is 162. The first-order chi connectivity index (χ1) is 5.66. The third-order valence-electron chi connectivity index (χ3n) is 2.38. The minimum Gasteiger partial charge on any atom is -0.318 e. The van der Waals surface area contributed by atoms with Gasteiger partial charge < -0.3 is 4.90 Å². The van der Waals surface area contributed by atoms with Crippen LogP contribution in [0.2, 0.25) is 0 Å². The fourth-order valence-electron chi connectivity index (χ4n) is 1.74. The third-order valence-corrected chi connectivity index (χ3v) is 2.38. The van der Waals surface area contributed by atoms with Crippen LogP contribution < -0.4 is 5.48 Å². The second-order valence-corrected chi connectivity index (χ2v) is 3.29. The summed E-state index contributed by atoms with van der Waals surface area (Å²) in [5.74, 6) is 0. The van der Waals surface area contributed by atoms with Gasteiger partial charge in [0.1, 0.15) is 0 Å². The Morgan fingerprint density at radius 3 is 2.33 bits per heavy atom. The normalized spacial score (nSPS) is 29.1. The van der Waals surface area contributed by atoms with Crippen molar-refractivity contribution in [1.29, 1.82) is 0 Å². The van der Waals surface area contributed by atoms with Crippen LogP contribution in [0.3, 0.4) is 0 Å². The van der Waals surface area contributed by atoms with E-state index in [0.717, 1.165) is 12.8 Å². The van der Waals surface area contributed by atoms with Gasteiger partial charge in [-0.3, -0.25) is 4.84 Å². The average Bonchev–Trinajstić information content (AvgIpc) is 2.32. The standard InChI is InChI=1S/C8H16N2O2/c1-6-4-5-7(2)10(6)8(11)9-12-3/h6-7H,4-5H2,1-3H3,(H,9,11). The molecule has 0 aromatic rings. The molecule has 70 valence electrons. The Morgan fingerprint density at radius 2 is 1.92 bits per heavy atom. The number of hydroxylamine groups is 1. The quantitative estimate of drug-likeness (QED) is 0.602. The van der Waals surface area contributed by atoms with Gasteiger partial charge in [0.2, 0.25) is 0 Å². The molecule has 1 N–H and O–H groups in total. The Balaban J connectivity index is 2.53. The molecule has 2 atom stereocenters. The van der Waals surface area contributed by atoms with Gasteiger partial charge in [0.15, 0.2) is 0 Å². The molecule has 1 aliphatic heterocycles. The van der Waals surface area contributed by atoms with E-state index in [1.165, 1.54) is 7.11 Å². The molecule has 0 bridgehead atoms. The predicted octanol–water partition coefficient (Wildman–Crippen LogP) is 1.13. The summed E-state index contributed by atoms with van der Waals surface area (Å²) in [5.41, 5.74) is 2.34. The van der Waals surface area contributed by atoms with E-state index in [4.69, 9.17) is 0 Å². The van der Waals surface area contributed by atoms with Crippen molar-refractivity contribution in [3.8, 4) is 0 Å². The highest BCUT2D eigenvalue weighted by atomic mass is 16.6. The van der Waals surface area contributed by atoms with Crippen molar-refractivity contribution < 1.29 is 9.63 Å². The van der Waals surface area contributed by atoms with Gasteiger partial charge in [-0.1, -0.05) is 0 Å². The van der Waals surface area contributed by atoms with Crippen LogP contribution in [0.25, 0.3) is 0 Å². The van der Waals surface area contributed by atoms with Crippen molar-refractivity contribution in [1.82, 2.24) is 10.4 Å². The van der Waals surface area contributed by atoms with E-state index >= 15 is 0 Å². The Labute approximate surface area is 72.8 Å². The van der Waals surface area contributed by atoms with Gasteiger partial charge in [-0.2, -0.15) is 0 Å². The molecule has 12 heavy (non-hydrogen) atoms. The summed E-state index contributed by atoms with van der Waals surface area (Å²) in [6.45, 7) is 4.11. The molecule has 2 unspecified atom stereocenters. The van der Waals surface area contributed by atoms with E-state index in [-0.39, 0.29) is 6.03 Å². The lowest BCUT2D eigenvalue weighted by Crippen LogP contribution is -2.44. The van der Waals surface area contributed by atoms with Crippen molar-refractivity contribution in [2.75, 3.05) is 7.11 Å². The smallest absolute Gasteiger partial charge is 0.318 e. The molecule has 1 heterocycles. The first-order valence-corrected chi connectivity index (χ1v) is 4.28. The highest BCUT2D eigenvalue weighted by Gasteiger charge is 2.31. The molecule has 1 rings (SSSR count). The van der Waals surface area contributed by atoms with E-state index in [1.807, 2.05) is 4.90 Å². The number of nitrogens with one attached hydrogen (secondary N) is 1. The zero-order valence-electron chi connectivity index (χ0n) is 7.83. The zero-order chi connectivity index (χ0) is 9.14. The summed E-state index contributed by atoms with van der Waals surface area (Å²) in [6, 6.07) is 0.528. The minimum atomic E-state index is -0.130. The maximum Gasteiger partial charge on any atom is 0.341 e. The van der Waals surface area contributed by atoms with Crippen LogP contribution in [0.5, 0.6) is 0 Å². The van der Waals surface area contributed by atoms with E-state index in [2.05, 4.69) is 24.2 Å². The van der Waals surface area contributed by atoms with Crippen LogP contribution in [0.1, 0.15) is 26.7 Å². The third kappa shape index (κ3) is 1.69. The lowest BCUT2D eigenvalue weighted by atomic mass is 10.2. The predicted molar refractivity (Wildman–Crippen MR) is 45.5 cm³/mol. The minimum absolute atomic E-state index is 0.130. The summed E-state index contributed by atoms with van der Waals surface area (Å²) in [7, 11) is 1.45. The van der Waals surface area contributed by atoms with Gasteiger partial charge in [-0.15, -0.1) is 0 Å². The van der Waals surface area contributed by atoms with E-state index < -0.39 is 0 Å². The van der Waals surface area contributed by atoms with Crippen LogP contribution in [-0.4, -0.2) is 30.1 Å². The summed E-state index contributed by atoms with van der Waals surface area (Å²) in [4.78, 5) is 17.8. The summed E-state index contributed by atoms with van der Waals surface area (Å²) >= 11 is 0. The maximum atomic E-state index is 11.4. The molecular weight excluding hydrogens is 156 g/mol.